The molecular weight excluding hydrogens is 506 g/mol. The van der Waals surface area contributed by atoms with E-state index in [1.807, 2.05) is 20.8 Å². The number of alkyl halides is 4. The van der Waals surface area contributed by atoms with Gasteiger partial charge in [-0.15, -0.1) is 0 Å². The van der Waals surface area contributed by atoms with Gasteiger partial charge in [-0.25, -0.2) is 4.39 Å². The molecule has 0 saturated heterocycles. The van der Waals surface area contributed by atoms with Gasteiger partial charge in [0, 0.05) is 10.5 Å². The van der Waals surface area contributed by atoms with E-state index in [0.29, 0.717) is 4.47 Å². The molecular formula is C23H34BrF4NO2Si. The lowest BCUT2D eigenvalue weighted by Crippen LogP contribution is -2.58. The van der Waals surface area contributed by atoms with E-state index >= 15 is 0 Å². The first-order valence-corrected chi connectivity index (χ1v) is 14.1. The zero-order chi connectivity index (χ0) is 24.6. The Kier molecular flexibility index (Phi) is 10.9. The SMILES string of the molecule is CC[Si](CC)(CC)OCC#C[C@](N[C@H](CO)CC(C)(C)F)(c1ccc(Br)cc1)C(F)(F)F. The van der Waals surface area contributed by atoms with Crippen LogP contribution in [-0.4, -0.2) is 44.5 Å². The average molecular weight is 541 g/mol. The van der Waals surface area contributed by atoms with Gasteiger partial charge in [-0.1, -0.05) is 60.7 Å². The van der Waals surface area contributed by atoms with E-state index in [0.717, 1.165) is 18.1 Å². The molecule has 0 amide bonds. The van der Waals surface area contributed by atoms with E-state index in [2.05, 4.69) is 33.1 Å². The maximum absolute atomic E-state index is 14.6. The number of hydrogen-bond acceptors (Lipinski definition) is 3. The molecule has 182 valence electrons. The van der Waals surface area contributed by atoms with Crippen molar-refractivity contribution in [3.63, 3.8) is 0 Å². The molecule has 1 aromatic rings. The number of nitrogens with one attached hydrogen (secondary N) is 1. The van der Waals surface area contributed by atoms with Crippen LogP contribution >= 0.6 is 15.9 Å². The average Bonchev–Trinajstić information content (AvgIpc) is 2.71. The molecule has 0 aliphatic carbocycles. The van der Waals surface area contributed by atoms with Gasteiger partial charge in [-0.05, 0) is 56.1 Å². The minimum Gasteiger partial charge on any atom is -0.406 e. The Morgan fingerprint density at radius 3 is 2.00 bits per heavy atom. The van der Waals surface area contributed by atoms with Crippen LogP contribution in [-0.2, 0) is 9.96 Å². The molecule has 3 nitrogen and oxygen atoms in total. The Morgan fingerprint density at radius 2 is 1.59 bits per heavy atom. The minimum atomic E-state index is -4.84. The Labute approximate surface area is 198 Å². The minimum absolute atomic E-state index is 0.115. The summed E-state index contributed by atoms with van der Waals surface area (Å²) in [5.41, 5.74) is -4.70. The summed E-state index contributed by atoms with van der Waals surface area (Å²) in [5, 5.41) is 12.2. The van der Waals surface area contributed by atoms with Gasteiger partial charge in [0.15, 0.2) is 8.32 Å². The first kappa shape index (κ1) is 29.1. The topological polar surface area (TPSA) is 41.5 Å². The molecule has 0 aromatic heterocycles. The maximum Gasteiger partial charge on any atom is 0.422 e. The molecule has 2 N–H and O–H groups in total. The number of aliphatic hydroxyl groups is 1. The number of benzene rings is 1. The Hall–Kier alpha value is -0.923. The summed E-state index contributed by atoms with van der Waals surface area (Å²) in [6, 6.07) is 7.03. The molecule has 32 heavy (non-hydrogen) atoms. The molecule has 1 rings (SSSR count). The molecule has 1 aromatic carbocycles. The van der Waals surface area contributed by atoms with Crippen molar-refractivity contribution < 1.29 is 27.1 Å². The van der Waals surface area contributed by atoms with Gasteiger partial charge < -0.3 is 9.53 Å². The van der Waals surface area contributed by atoms with Crippen molar-refractivity contribution in [2.45, 2.75) is 82.6 Å². The van der Waals surface area contributed by atoms with Crippen LogP contribution in [0.15, 0.2) is 28.7 Å². The van der Waals surface area contributed by atoms with Gasteiger partial charge in [0.1, 0.15) is 5.67 Å². The third-order valence-corrected chi connectivity index (χ3v) is 10.9. The van der Waals surface area contributed by atoms with E-state index in [9.17, 15) is 22.7 Å². The summed E-state index contributed by atoms with van der Waals surface area (Å²) in [5.74, 6) is 4.96. The van der Waals surface area contributed by atoms with Crippen molar-refractivity contribution >= 4 is 24.2 Å². The second-order valence-electron chi connectivity index (χ2n) is 8.54. The van der Waals surface area contributed by atoms with Crippen LogP contribution in [0.1, 0.15) is 46.6 Å². The van der Waals surface area contributed by atoms with Crippen LogP contribution < -0.4 is 5.32 Å². The predicted octanol–water partition coefficient (Wildman–Crippen LogP) is 6.32. The normalized spacial score (nSPS) is 15.6. The van der Waals surface area contributed by atoms with E-state index in [1.165, 1.54) is 38.1 Å². The quantitative estimate of drug-likeness (QED) is 0.196. The Balaban J connectivity index is 3.46. The molecule has 2 atom stereocenters. The van der Waals surface area contributed by atoms with Crippen LogP contribution in [0, 0.1) is 11.8 Å². The van der Waals surface area contributed by atoms with Crippen LogP contribution in [0.5, 0.6) is 0 Å². The monoisotopic (exact) mass is 539 g/mol. The van der Waals surface area contributed by atoms with Crippen molar-refractivity contribution in [1.29, 1.82) is 0 Å². The van der Waals surface area contributed by atoms with Crippen LogP contribution in [0.25, 0.3) is 0 Å². The zero-order valence-corrected chi connectivity index (χ0v) is 22.0. The number of aliphatic hydroxyl groups excluding tert-OH is 1. The predicted molar refractivity (Wildman–Crippen MR) is 127 cm³/mol. The van der Waals surface area contributed by atoms with E-state index < -0.39 is 38.4 Å². The molecule has 0 radical (unpaired) electrons. The van der Waals surface area contributed by atoms with Gasteiger partial charge in [0.2, 0.25) is 5.54 Å². The summed E-state index contributed by atoms with van der Waals surface area (Å²) in [7, 11) is -2.02. The number of hydrogen-bond donors (Lipinski definition) is 2. The molecule has 0 spiro atoms. The Morgan fingerprint density at radius 1 is 1.06 bits per heavy atom. The van der Waals surface area contributed by atoms with Crippen molar-refractivity contribution in [2.75, 3.05) is 13.2 Å². The molecule has 9 heteroatoms. The molecule has 0 heterocycles. The van der Waals surface area contributed by atoms with Gasteiger partial charge in [-0.3, -0.25) is 5.32 Å². The van der Waals surface area contributed by atoms with Crippen molar-refractivity contribution in [3.8, 4) is 11.8 Å². The lowest BCUT2D eigenvalue weighted by molar-refractivity contribution is -0.185. The zero-order valence-electron chi connectivity index (χ0n) is 19.4. The summed E-state index contributed by atoms with van der Waals surface area (Å²) >= 11 is 3.23. The third-order valence-electron chi connectivity index (χ3n) is 5.73. The highest BCUT2D eigenvalue weighted by molar-refractivity contribution is 9.10. The Bertz CT molecular complexity index is 759. The van der Waals surface area contributed by atoms with Gasteiger partial charge in [0.05, 0.1) is 13.2 Å². The summed E-state index contributed by atoms with van der Waals surface area (Å²) in [6.45, 7) is 7.82. The van der Waals surface area contributed by atoms with E-state index in [1.54, 1.807) is 0 Å². The van der Waals surface area contributed by atoms with Crippen molar-refractivity contribution in [2.24, 2.45) is 0 Å². The van der Waals surface area contributed by atoms with Gasteiger partial charge >= 0.3 is 6.18 Å². The summed E-state index contributed by atoms with van der Waals surface area (Å²) in [6.07, 6.45) is -5.15. The molecule has 0 unspecified atom stereocenters. The highest BCUT2D eigenvalue weighted by Gasteiger charge is 2.56. The van der Waals surface area contributed by atoms with Gasteiger partial charge in [0.25, 0.3) is 0 Å². The lowest BCUT2D eigenvalue weighted by Gasteiger charge is -2.37. The fraction of sp³-hybridized carbons (Fsp3) is 0.652. The largest absolute Gasteiger partial charge is 0.422 e. The number of rotatable bonds is 11. The van der Waals surface area contributed by atoms with Gasteiger partial charge in [-0.2, -0.15) is 13.2 Å². The second-order valence-corrected chi connectivity index (χ2v) is 14.2. The highest BCUT2D eigenvalue weighted by atomic mass is 79.9. The van der Waals surface area contributed by atoms with Crippen LogP contribution in [0.3, 0.4) is 0 Å². The van der Waals surface area contributed by atoms with Crippen LogP contribution in [0.2, 0.25) is 18.1 Å². The third kappa shape index (κ3) is 7.84. The summed E-state index contributed by atoms with van der Waals surface area (Å²) in [4.78, 5) is 0. The van der Waals surface area contributed by atoms with E-state index in [4.69, 9.17) is 4.43 Å². The molecule has 0 aliphatic rings. The highest BCUT2D eigenvalue weighted by Crippen LogP contribution is 2.40. The number of halogens is 5. The second kappa shape index (κ2) is 12.0. The molecule has 0 aliphatic heterocycles. The molecule has 0 fully saturated rings. The smallest absolute Gasteiger partial charge is 0.406 e. The maximum atomic E-state index is 14.6. The first-order chi connectivity index (χ1) is 14.8. The fourth-order valence-corrected chi connectivity index (χ4v) is 6.43. The van der Waals surface area contributed by atoms with E-state index in [-0.39, 0.29) is 18.6 Å². The molecule has 0 bridgehead atoms. The first-order valence-electron chi connectivity index (χ1n) is 10.8. The fourth-order valence-electron chi connectivity index (χ4n) is 3.68. The standard InChI is InChI=1S/C23H34BrF4NO2Si/c1-6-32(7-2,8-3)31-15-9-14-22(23(26,27)28,18-10-12-19(24)13-11-18)29-20(17-30)16-21(4,5)25/h10-13,20,29-30H,6-8,15-17H2,1-5H3/t20-,22-/m0/s1. The summed E-state index contributed by atoms with van der Waals surface area (Å²) < 4.78 is 64.5. The van der Waals surface area contributed by atoms with Crippen molar-refractivity contribution in [3.05, 3.63) is 34.3 Å². The van der Waals surface area contributed by atoms with Crippen LogP contribution in [0.4, 0.5) is 17.6 Å². The lowest BCUT2D eigenvalue weighted by atomic mass is 9.87. The molecule has 0 saturated carbocycles. The van der Waals surface area contributed by atoms with Crippen molar-refractivity contribution in [1.82, 2.24) is 5.32 Å².